The van der Waals surface area contributed by atoms with Crippen molar-refractivity contribution in [3.63, 3.8) is 0 Å². The zero-order valence-corrected chi connectivity index (χ0v) is 12.7. The molecule has 0 fully saturated rings. The van der Waals surface area contributed by atoms with Gasteiger partial charge in [-0.25, -0.2) is 4.39 Å². The van der Waals surface area contributed by atoms with Crippen molar-refractivity contribution in [3.05, 3.63) is 65.0 Å². The van der Waals surface area contributed by atoms with Crippen molar-refractivity contribution in [1.82, 2.24) is 5.32 Å². The van der Waals surface area contributed by atoms with Crippen LogP contribution in [0.4, 0.5) is 4.39 Å². The highest BCUT2D eigenvalue weighted by molar-refractivity contribution is 6.28. The van der Waals surface area contributed by atoms with Gasteiger partial charge in [0, 0.05) is 5.56 Å². The third-order valence-corrected chi connectivity index (χ3v) is 4.37. The number of fused-ring (bicyclic) bond motifs is 2. The first-order valence-electron chi connectivity index (χ1n) is 7.38. The van der Waals surface area contributed by atoms with Gasteiger partial charge in [-0.3, -0.25) is 14.9 Å². The van der Waals surface area contributed by atoms with Crippen LogP contribution in [0.3, 0.4) is 0 Å². The minimum Gasteiger partial charge on any atom is -0.508 e. The average Bonchev–Trinajstić information content (AvgIpc) is 2.84. The Morgan fingerprint density at radius 2 is 1.54 bits per heavy atom. The van der Waals surface area contributed by atoms with Crippen molar-refractivity contribution >= 4 is 22.6 Å². The molecule has 2 N–H and O–H groups in total. The second kappa shape index (κ2) is 4.89. The lowest BCUT2D eigenvalue weighted by atomic mass is 9.87. The number of benzene rings is 3. The molecule has 118 valence electrons. The standard InChI is InChI=1S/C19H12FNO3/c1-9-13-7-6-12(22)8-14(13)16(10-2-4-11(20)5-3-10)17-15(9)18(23)21-19(17)24/h2-8,22H,1H3,(H,21,23,24). The van der Waals surface area contributed by atoms with Crippen molar-refractivity contribution in [2.45, 2.75) is 6.92 Å². The van der Waals surface area contributed by atoms with E-state index in [1.165, 1.54) is 18.2 Å². The minimum absolute atomic E-state index is 0.0509. The van der Waals surface area contributed by atoms with Crippen LogP contribution in [0, 0.1) is 12.7 Å². The highest BCUT2D eigenvalue weighted by atomic mass is 19.1. The lowest BCUT2D eigenvalue weighted by molar-refractivity contribution is 0.0879. The number of amides is 2. The summed E-state index contributed by atoms with van der Waals surface area (Å²) in [7, 11) is 0. The van der Waals surface area contributed by atoms with Gasteiger partial charge in [0.05, 0.1) is 11.1 Å². The first-order valence-corrected chi connectivity index (χ1v) is 7.38. The molecule has 2 amide bonds. The molecule has 0 unspecified atom stereocenters. The van der Waals surface area contributed by atoms with Crippen LogP contribution in [0.2, 0.25) is 0 Å². The van der Waals surface area contributed by atoms with E-state index in [9.17, 15) is 19.1 Å². The van der Waals surface area contributed by atoms with Crippen LogP contribution >= 0.6 is 0 Å². The predicted octanol–water partition coefficient (Wildman–Crippen LogP) is 3.54. The summed E-state index contributed by atoms with van der Waals surface area (Å²) >= 11 is 0. The monoisotopic (exact) mass is 321 g/mol. The number of phenols is 1. The van der Waals surface area contributed by atoms with Gasteiger partial charge < -0.3 is 5.11 Å². The number of hydrogen-bond donors (Lipinski definition) is 2. The molecule has 0 spiro atoms. The van der Waals surface area contributed by atoms with Crippen LogP contribution in [0.15, 0.2) is 42.5 Å². The number of rotatable bonds is 1. The number of aromatic hydroxyl groups is 1. The Morgan fingerprint density at radius 3 is 2.25 bits per heavy atom. The Morgan fingerprint density at radius 1 is 0.875 bits per heavy atom. The van der Waals surface area contributed by atoms with E-state index in [0.717, 1.165) is 5.39 Å². The fourth-order valence-corrected chi connectivity index (χ4v) is 3.30. The first-order chi connectivity index (χ1) is 11.5. The van der Waals surface area contributed by atoms with Crippen molar-refractivity contribution in [2.24, 2.45) is 0 Å². The van der Waals surface area contributed by atoms with E-state index in [1.54, 1.807) is 31.2 Å². The van der Waals surface area contributed by atoms with Crippen LogP contribution in [0.5, 0.6) is 5.75 Å². The Labute approximate surface area is 136 Å². The molecule has 4 nitrogen and oxygen atoms in total. The van der Waals surface area contributed by atoms with E-state index in [4.69, 9.17) is 0 Å². The number of carbonyl (C=O) groups excluding carboxylic acids is 2. The third kappa shape index (κ3) is 1.91. The van der Waals surface area contributed by atoms with Crippen LogP contribution in [-0.4, -0.2) is 16.9 Å². The maximum atomic E-state index is 13.3. The molecule has 0 atom stereocenters. The molecule has 0 saturated heterocycles. The topological polar surface area (TPSA) is 66.4 Å². The lowest BCUT2D eigenvalue weighted by Gasteiger charge is -2.14. The van der Waals surface area contributed by atoms with Crippen molar-refractivity contribution in [3.8, 4) is 16.9 Å². The number of imide groups is 1. The molecule has 4 rings (SSSR count). The molecule has 3 aromatic carbocycles. The average molecular weight is 321 g/mol. The molecule has 5 heteroatoms. The Hall–Kier alpha value is -3.21. The number of carbonyl (C=O) groups is 2. The molecule has 0 saturated carbocycles. The largest absolute Gasteiger partial charge is 0.508 e. The SMILES string of the molecule is Cc1c2c(c(-c3ccc(F)cc3)c3cc(O)ccc13)C(=O)NC2=O. The first kappa shape index (κ1) is 14.4. The van der Waals surface area contributed by atoms with Crippen LogP contribution in [0.25, 0.3) is 21.9 Å². The van der Waals surface area contributed by atoms with E-state index >= 15 is 0 Å². The Kier molecular flexibility index (Phi) is 2.93. The molecule has 1 aliphatic heterocycles. The number of aryl methyl sites for hydroxylation is 1. The summed E-state index contributed by atoms with van der Waals surface area (Å²) in [5.41, 5.74) is 2.40. The van der Waals surface area contributed by atoms with Gasteiger partial charge >= 0.3 is 0 Å². The summed E-state index contributed by atoms with van der Waals surface area (Å²) in [6.07, 6.45) is 0. The maximum Gasteiger partial charge on any atom is 0.259 e. The third-order valence-electron chi connectivity index (χ3n) is 4.37. The molecule has 0 bridgehead atoms. The van der Waals surface area contributed by atoms with E-state index in [1.807, 2.05) is 0 Å². The van der Waals surface area contributed by atoms with E-state index in [2.05, 4.69) is 5.32 Å². The molecule has 1 heterocycles. The summed E-state index contributed by atoms with van der Waals surface area (Å²) in [6.45, 7) is 1.77. The summed E-state index contributed by atoms with van der Waals surface area (Å²) in [5, 5.41) is 13.6. The molecular weight excluding hydrogens is 309 g/mol. The van der Waals surface area contributed by atoms with Gasteiger partial charge in [0.1, 0.15) is 11.6 Å². The summed E-state index contributed by atoms with van der Waals surface area (Å²) in [5.74, 6) is -1.27. The fourth-order valence-electron chi connectivity index (χ4n) is 3.30. The number of phenolic OH excluding ortho intramolecular Hbond substituents is 1. The molecule has 0 radical (unpaired) electrons. The van der Waals surface area contributed by atoms with Gasteiger partial charge in [-0.1, -0.05) is 18.2 Å². The Balaban J connectivity index is 2.22. The summed E-state index contributed by atoms with van der Waals surface area (Å²) in [4.78, 5) is 24.6. The quantitative estimate of drug-likeness (QED) is 0.674. The van der Waals surface area contributed by atoms with Crippen LogP contribution in [-0.2, 0) is 0 Å². The van der Waals surface area contributed by atoms with E-state index in [-0.39, 0.29) is 11.3 Å². The van der Waals surface area contributed by atoms with Crippen LogP contribution in [0.1, 0.15) is 26.3 Å². The maximum absolute atomic E-state index is 13.3. The second-order valence-corrected chi connectivity index (χ2v) is 5.77. The highest BCUT2D eigenvalue weighted by Gasteiger charge is 2.33. The van der Waals surface area contributed by atoms with Crippen molar-refractivity contribution < 1.29 is 19.1 Å². The van der Waals surface area contributed by atoms with E-state index < -0.39 is 17.6 Å². The van der Waals surface area contributed by atoms with Gasteiger partial charge in [-0.2, -0.15) is 0 Å². The predicted molar refractivity (Wildman–Crippen MR) is 87.5 cm³/mol. The summed E-state index contributed by atoms with van der Waals surface area (Å²) < 4.78 is 13.3. The Bertz CT molecular complexity index is 1040. The van der Waals surface area contributed by atoms with Crippen LogP contribution < -0.4 is 5.32 Å². The molecule has 1 aliphatic rings. The van der Waals surface area contributed by atoms with Crippen molar-refractivity contribution in [2.75, 3.05) is 0 Å². The van der Waals surface area contributed by atoms with Crippen molar-refractivity contribution in [1.29, 1.82) is 0 Å². The second-order valence-electron chi connectivity index (χ2n) is 5.77. The normalized spacial score (nSPS) is 13.2. The molecule has 3 aromatic rings. The smallest absolute Gasteiger partial charge is 0.259 e. The van der Waals surface area contributed by atoms with Gasteiger partial charge in [0.25, 0.3) is 11.8 Å². The summed E-state index contributed by atoms with van der Waals surface area (Å²) in [6, 6.07) is 10.5. The molecule has 24 heavy (non-hydrogen) atoms. The highest BCUT2D eigenvalue weighted by Crippen LogP contribution is 2.40. The van der Waals surface area contributed by atoms with Gasteiger partial charge in [-0.05, 0) is 53.1 Å². The number of nitrogens with one attached hydrogen (secondary N) is 1. The van der Waals surface area contributed by atoms with Gasteiger partial charge in [-0.15, -0.1) is 0 Å². The zero-order valence-electron chi connectivity index (χ0n) is 12.7. The molecule has 0 aliphatic carbocycles. The number of hydrogen-bond acceptors (Lipinski definition) is 3. The van der Waals surface area contributed by atoms with Gasteiger partial charge in [0.2, 0.25) is 0 Å². The fraction of sp³-hybridized carbons (Fsp3) is 0.0526. The lowest BCUT2D eigenvalue weighted by Crippen LogP contribution is -2.20. The van der Waals surface area contributed by atoms with E-state index in [0.29, 0.717) is 27.6 Å². The molecule has 0 aromatic heterocycles. The van der Waals surface area contributed by atoms with Gasteiger partial charge in [0.15, 0.2) is 0 Å². The minimum atomic E-state index is -0.484. The molecular formula is C19H12FNO3. The zero-order chi connectivity index (χ0) is 17.0. The number of halogens is 1.